The molecule has 1 aromatic carbocycles. The number of nitrogens with one attached hydrogen (secondary N) is 2. The van der Waals surface area contributed by atoms with Crippen LogP contribution in [0.15, 0.2) is 53.8 Å². The second-order valence-corrected chi connectivity index (χ2v) is 6.32. The molecule has 2 N–H and O–H groups in total. The predicted octanol–water partition coefficient (Wildman–Crippen LogP) is 4.04. The van der Waals surface area contributed by atoms with Crippen LogP contribution in [0.4, 0.5) is 0 Å². The van der Waals surface area contributed by atoms with Crippen LogP contribution in [-0.2, 0) is 6.54 Å². The number of ether oxygens (including phenoxy) is 1. The van der Waals surface area contributed by atoms with Crippen LogP contribution in [0, 0.1) is 0 Å². The third kappa shape index (κ3) is 5.26. The summed E-state index contributed by atoms with van der Waals surface area (Å²) >= 11 is 6.01. The number of rotatable bonds is 5. The first-order valence-electron chi connectivity index (χ1n) is 8.34. The molecule has 0 aliphatic rings. The van der Waals surface area contributed by atoms with Crippen molar-refractivity contribution in [3.63, 3.8) is 0 Å². The normalized spacial score (nSPS) is 12.4. The van der Waals surface area contributed by atoms with Gasteiger partial charge in [0.1, 0.15) is 11.4 Å². The molecule has 1 unspecified atom stereocenters. The topological polar surface area (TPSA) is 63.0 Å². The molecule has 0 spiro atoms. The molecule has 0 radical (unpaired) electrons. The van der Waals surface area contributed by atoms with E-state index < -0.39 is 0 Å². The summed E-state index contributed by atoms with van der Waals surface area (Å²) in [6, 6.07) is 11.7. The van der Waals surface area contributed by atoms with E-state index in [-0.39, 0.29) is 30.0 Å². The molecule has 0 saturated heterocycles. The van der Waals surface area contributed by atoms with Crippen LogP contribution in [-0.4, -0.2) is 29.5 Å². The molecule has 1 atom stereocenters. The van der Waals surface area contributed by atoms with Crippen LogP contribution < -0.4 is 15.4 Å². The summed E-state index contributed by atoms with van der Waals surface area (Å²) in [6.45, 7) is 2.62. The van der Waals surface area contributed by atoms with Crippen molar-refractivity contribution >= 4 is 47.2 Å². The number of guanidine groups is 1. The summed E-state index contributed by atoms with van der Waals surface area (Å²) in [5.74, 6) is 1.54. The highest BCUT2D eigenvalue weighted by Crippen LogP contribution is 2.24. The summed E-state index contributed by atoms with van der Waals surface area (Å²) in [5.41, 5.74) is 2.83. The maximum atomic E-state index is 6.01. The van der Waals surface area contributed by atoms with Gasteiger partial charge in [-0.3, -0.25) is 4.99 Å². The smallest absolute Gasteiger partial charge is 0.191 e. The van der Waals surface area contributed by atoms with Gasteiger partial charge in [-0.15, -0.1) is 24.0 Å². The lowest BCUT2D eigenvalue weighted by Gasteiger charge is -2.19. The number of hydrogen-bond donors (Lipinski definition) is 2. The Balaban J connectivity index is 0.00000261. The first kappa shape index (κ1) is 21.3. The first-order valence-corrected chi connectivity index (χ1v) is 8.71. The van der Waals surface area contributed by atoms with Crippen molar-refractivity contribution in [2.45, 2.75) is 19.5 Å². The van der Waals surface area contributed by atoms with Crippen molar-refractivity contribution in [2.24, 2.45) is 4.99 Å². The van der Waals surface area contributed by atoms with E-state index in [0.717, 1.165) is 22.7 Å². The molecular weight excluding hydrogens is 477 g/mol. The monoisotopic (exact) mass is 499 g/mol. The average molecular weight is 500 g/mol. The van der Waals surface area contributed by atoms with Gasteiger partial charge in [-0.05, 0) is 25.1 Å². The minimum atomic E-state index is 0. The minimum Gasteiger partial charge on any atom is -0.496 e. The summed E-state index contributed by atoms with van der Waals surface area (Å²) in [6.07, 6.45) is 3.79. The second-order valence-electron chi connectivity index (χ2n) is 5.88. The van der Waals surface area contributed by atoms with Gasteiger partial charge in [-0.1, -0.05) is 29.8 Å². The van der Waals surface area contributed by atoms with E-state index in [9.17, 15) is 0 Å². The number of halogens is 2. The number of para-hydroxylation sites is 1. The molecule has 0 saturated carbocycles. The van der Waals surface area contributed by atoms with E-state index in [1.165, 1.54) is 0 Å². The second kappa shape index (κ2) is 9.80. The largest absolute Gasteiger partial charge is 0.496 e. The van der Waals surface area contributed by atoms with Gasteiger partial charge in [0.15, 0.2) is 5.96 Å². The molecule has 0 bridgehead atoms. The molecule has 6 nitrogen and oxygen atoms in total. The Bertz CT molecular complexity index is 927. The van der Waals surface area contributed by atoms with Crippen LogP contribution in [0.5, 0.6) is 5.75 Å². The van der Waals surface area contributed by atoms with Crippen LogP contribution in [0.1, 0.15) is 24.2 Å². The van der Waals surface area contributed by atoms with Crippen LogP contribution in [0.2, 0.25) is 5.02 Å². The third-order valence-electron chi connectivity index (χ3n) is 4.08. The van der Waals surface area contributed by atoms with Gasteiger partial charge < -0.3 is 19.8 Å². The molecule has 3 aromatic rings. The highest BCUT2D eigenvalue weighted by atomic mass is 127. The molecule has 8 heteroatoms. The van der Waals surface area contributed by atoms with Crippen LogP contribution >= 0.6 is 35.6 Å². The number of aliphatic imine (C=N–C) groups is 1. The fraction of sp³-hybridized carbons (Fsp3) is 0.263. The van der Waals surface area contributed by atoms with Crippen molar-refractivity contribution in [3.8, 4) is 5.75 Å². The molecule has 0 amide bonds. The molecule has 3 rings (SSSR count). The Morgan fingerprint density at radius 1 is 1.26 bits per heavy atom. The zero-order chi connectivity index (χ0) is 18.5. The number of methoxy groups -OCH3 is 1. The zero-order valence-electron chi connectivity index (χ0n) is 15.4. The molecule has 144 valence electrons. The average Bonchev–Trinajstić information content (AvgIpc) is 3.06. The molecule has 0 aliphatic carbocycles. The van der Waals surface area contributed by atoms with Gasteiger partial charge in [0, 0.05) is 25.0 Å². The standard InChI is InChI=1S/C19H22ClN5O.HI/c1-13(16-6-4-5-7-17(16)26-3)23-19(21-2)22-10-15-12-25-11-14(20)8-9-18(25)24-15;/h4-9,11-13H,10H2,1-3H3,(H2,21,22,23);1H. The SMILES string of the molecule is CN=C(NCc1cn2cc(Cl)ccc2n1)NC(C)c1ccccc1OC.I. The number of hydrogen-bond acceptors (Lipinski definition) is 3. The van der Waals surface area contributed by atoms with E-state index in [1.807, 2.05) is 53.2 Å². The maximum absolute atomic E-state index is 6.01. The number of fused-ring (bicyclic) bond motifs is 1. The highest BCUT2D eigenvalue weighted by Gasteiger charge is 2.12. The lowest BCUT2D eigenvalue weighted by atomic mass is 10.1. The van der Waals surface area contributed by atoms with Gasteiger partial charge >= 0.3 is 0 Å². The molecule has 0 aliphatic heterocycles. The van der Waals surface area contributed by atoms with Crippen molar-refractivity contribution in [1.82, 2.24) is 20.0 Å². The Morgan fingerprint density at radius 3 is 2.78 bits per heavy atom. The molecule has 2 aromatic heterocycles. The summed E-state index contributed by atoms with van der Waals surface area (Å²) in [5, 5.41) is 7.34. The summed E-state index contributed by atoms with van der Waals surface area (Å²) < 4.78 is 7.34. The Kier molecular flexibility index (Phi) is 7.73. The Hall–Kier alpha value is -2.00. The molecule has 27 heavy (non-hydrogen) atoms. The Morgan fingerprint density at radius 2 is 2.04 bits per heavy atom. The van der Waals surface area contributed by atoms with E-state index in [4.69, 9.17) is 16.3 Å². The minimum absolute atomic E-state index is 0. The van der Waals surface area contributed by atoms with Crippen molar-refractivity contribution in [2.75, 3.05) is 14.2 Å². The van der Waals surface area contributed by atoms with Crippen molar-refractivity contribution in [1.29, 1.82) is 0 Å². The van der Waals surface area contributed by atoms with E-state index >= 15 is 0 Å². The number of benzene rings is 1. The number of nitrogens with zero attached hydrogens (tertiary/aromatic N) is 3. The number of aromatic nitrogens is 2. The van der Waals surface area contributed by atoms with Gasteiger partial charge in [-0.2, -0.15) is 0 Å². The predicted molar refractivity (Wildman–Crippen MR) is 120 cm³/mol. The molecular formula is C19H23ClIN5O. The number of pyridine rings is 1. The summed E-state index contributed by atoms with van der Waals surface area (Å²) in [7, 11) is 3.42. The van der Waals surface area contributed by atoms with E-state index in [0.29, 0.717) is 17.5 Å². The quantitative estimate of drug-likeness (QED) is 0.316. The zero-order valence-corrected chi connectivity index (χ0v) is 18.5. The highest BCUT2D eigenvalue weighted by molar-refractivity contribution is 14.0. The fourth-order valence-corrected chi connectivity index (χ4v) is 2.95. The molecule has 0 fully saturated rings. The lowest BCUT2D eigenvalue weighted by Crippen LogP contribution is -2.38. The van der Waals surface area contributed by atoms with Crippen LogP contribution in [0.25, 0.3) is 5.65 Å². The van der Waals surface area contributed by atoms with Gasteiger partial charge in [-0.25, -0.2) is 4.98 Å². The van der Waals surface area contributed by atoms with Gasteiger partial charge in [0.05, 0.1) is 30.4 Å². The third-order valence-corrected chi connectivity index (χ3v) is 4.31. The van der Waals surface area contributed by atoms with E-state index in [1.54, 1.807) is 14.2 Å². The maximum Gasteiger partial charge on any atom is 0.191 e. The fourth-order valence-electron chi connectivity index (χ4n) is 2.78. The first-order chi connectivity index (χ1) is 12.6. The van der Waals surface area contributed by atoms with Crippen molar-refractivity contribution < 1.29 is 4.74 Å². The van der Waals surface area contributed by atoms with Gasteiger partial charge in [0.2, 0.25) is 0 Å². The van der Waals surface area contributed by atoms with Crippen molar-refractivity contribution in [3.05, 3.63) is 65.1 Å². The molecule has 2 heterocycles. The Labute approximate surface area is 181 Å². The van der Waals surface area contributed by atoms with Gasteiger partial charge in [0.25, 0.3) is 0 Å². The lowest BCUT2D eigenvalue weighted by molar-refractivity contribution is 0.405. The van der Waals surface area contributed by atoms with Crippen LogP contribution in [0.3, 0.4) is 0 Å². The summed E-state index contributed by atoms with van der Waals surface area (Å²) in [4.78, 5) is 8.85. The van der Waals surface area contributed by atoms with E-state index in [2.05, 4.69) is 27.5 Å². The number of imidazole rings is 1.